The van der Waals surface area contributed by atoms with Crippen LogP contribution in [0.25, 0.3) is 11.3 Å². The van der Waals surface area contributed by atoms with E-state index in [1.807, 2.05) is 29.0 Å². The number of amides is 1. The standard InChI is InChI=1S/C21H26N8O2/c1-28-12-25-27-20(28)18-15(4-3-9-22-18)16-10-23-19-21(26-16)29(17(30)11-24-19)13-5-7-14(31-2)8-6-13/h3-4,9-10,13-14,25H,5-8,11-12H2,1-2H3,(H,23,24). The zero-order valence-electron chi connectivity index (χ0n) is 17.7. The Morgan fingerprint density at radius 3 is 2.77 bits per heavy atom. The van der Waals surface area contributed by atoms with Gasteiger partial charge in [-0.2, -0.15) is 5.10 Å². The van der Waals surface area contributed by atoms with E-state index >= 15 is 0 Å². The number of nitrogens with one attached hydrogen (secondary N) is 2. The van der Waals surface area contributed by atoms with Crippen LogP contribution in [0.2, 0.25) is 0 Å². The summed E-state index contributed by atoms with van der Waals surface area (Å²) in [7, 11) is 3.71. The zero-order chi connectivity index (χ0) is 21.4. The summed E-state index contributed by atoms with van der Waals surface area (Å²) >= 11 is 0. The molecule has 162 valence electrons. The van der Waals surface area contributed by atoms with Crippen LogP contribution in [0.1, 0.15) is 31.4 Å². The van der Waals surface area contributed by atoms with Crippen LogP contribution in [-0.4, -0.2) is 71.1 Å². The number of hydrogen-bond acceptors (Lipinski definition) is 9. The first-order valence-electron chi connectivity index (χ1n) is 10.6. The maximum absolute atomic E-state index is 12.9. The van der Waals surface area contributed by atoms with Gasteiger partial charge in [-0.1, -0.05) is 0 Å². The van der Waals surface area contributed by atoms with Gasteiger partial charge >= 0.3 is 0 Å². The van der Waals surface area contributed by atoms with Crippen molar-refractivity contribution in [3.05, 3.63) is 30.2 Å². The highest BCUT2D eigenvalue weighted by atomic mass is 16.5. The molecule has 1 amide bonds. The molecule has 10 nitrogen and oxygen atoms in total. The second kappa shape index (κ2) is 8.10. The Bertz CT molecular complexity index is 1020. The predicted octanol–water partition coefficient (Wildman–Crippen LogP) is 1.41. The van der Waals surface area contributed by atoms with Crippen molar-refractivity contribution in [2.45, 2.75) is 37.8 Å². The number of anilines is 2. The lowest BCUT2D eigenvalue weighted by molar-refractivity contribution is -0.118. The Balaban J connectivity index is 1.52. The minimum atomic E-state index is 0.0235. The molecule has 0 spiro atoms. The van der Waals surface area contributed by atoms with Crippen molar-refractivity contribution in [3.63, 3.8) is 0 Å². The van der Waals surface area contributed by atoms with E-state index in [1.165, 1.54) is 0 Å². The number of hydrogen-bond donors (Lipinski definition) is 2. The molecule has 2 aromatic rings. The average molecular weight is 422 g/mol. The highest BCUT2D eigenvalue weighted by Gasteiger charge is 2.35. The molecule has 2 N–H and O–H groups in total. The van der Waals surface area contributed by atoms with Crippen molar-refractivity contribution < 1.29 is 9.53 Å². The molecular formula is C21H26N8O2. The Hall–Kier alpha value is -3.27. The molecule has 0 atom stereocenters. The van der Waals surface area contributed by atoms with E-state index in [4.69, 9.17) is 9.72 Å². The lowest BCUT2D eigenvalue weighted by atomic mass is 9.91. The second-order valence-corrected chi connectivity index (χ2v) is 8.06. The number of amidine groups is 1. The molecule has 3 aliphatic rings. The van der Waals surface area contributed by atoms with Gasteiger partial charge in [0.1, 0.15) is 12.4 Å². The third-order valence-electron chi connectivity index (χ3n) is 6.15. The van der Waals surface area contributed by atoms with Gasteiger partial charge in [0, 0.05) is 32.0 Å². The molecule has 2 aliphatic heterocycles. The molecule has 5 rings (SSSR count). The molecule has 31 heavy (non-hydrogen) atoms. The average Bonchev–Trinajstić information content (AvgIpc) is 3.24. The fourth-order valence-electron chi connectivity index (χ4n) is 4.48. The fraction of sp³-hybridized carbons (Fsp3) is 0.476. The summed E-state index contributed by atoms with van der Waals surface area (Å²) in [5, 5.41) is 7.48. The molecule has 0 aromatic carbocycles. The number of carbonyl (C=O) groups is 1. The van der Waals surface area contributed by atoms with Gasteiger partial charge in [0.25, 0.3) is 0 Å². The summed E-state index contributed by atoms with van der Waals surface area (Å²) in [4.78, 5) is 30.8. The number of nitrogens with zero attached hydrogens (tertiary/aromatic N) is 6. The summed E-state index contributed by atoms with van der Waals surface area (Å²) in [6.45, 7) is 0.855. The van der Waals surface area contributed by atoms with E-state index in [0.29, 0.717) is 24.0 Å². The summed E-state index contributed by atoms with van der Waals surface area (Å²) < 4.78 is 5.50. The van der Waals surface area contributed by atoms with Gasteiger partial charge in [-0.25, -0.2) is 9.97 Å². The van der Waals surface area contributed by atoms with Gasteiger partial charge in [-0.05, 0) is 37.8 Å². The van der Waals surface area contributed by atoms with E-state index in [0.717, 1.165) is 42.8 Å². The SMILES string of the molecule is COC1CCC(N2C(=O)CNc3ncc(-c4cccnc4C4=NNCN4C)nc32)CC1. The van der Waals surface area contributed by atoms with Crippen molar-refractivity contribution in [1.82, 2.24) is 25.3 Å². The van der Waals surface area contributed by atoms with E-state index in [-0.39, 0.29) is 24.6 Å². The number of fused-ring (bicyclic) bond motifs is 1. The molecule has 2 aromatic heterocycles. The fourth-order valence-corrected chi connectivity index (χ4v) is 4.48. The molecule has 10 heteroatoms. The minimum absolute atomic E-state index is 0.0235. The monoisotopic (exact) mass is 422 g/mol. The van der Waals surface area contributed by atoms with Crippen LogP contribution < -0.4 is 15.6 Å². The van der Waals surface area contributed by atoms with Crippen molar-refractivity contribution in [2.24, 2.45) is 5.10 Å². The first kappa shape index (κ1) is 19.7. The van der Waals surface area contributed by atoms with Crippen molar-refractivity contribution in [1.29, 1.82) is 0 Å². The Morgan fingerprint density at radius 1 is 1.19 bits per heavy atom. The minimum Gasteiger partial charge on any atom is -0.381 e. The highest BCUT2D eigenvalue weighted by Crippen LogP contribution is 2.35. The van der Waals surface area contributed by atoms with Crippen molar-refractivity contribution >= 4 is 23.4 Å². The van der Waals surface area contributed by atoms with Crippen LogP contribution in [0.5, 0.6) is 0 Å². The number of carbonyl (C=O) groups excluding carboxylic acids is 1. The largest absolute Gasteiger partial charge is 0.381 e. The maximum Gasteiger partial charge on any atom is 0.247 e. The van der Waals surface area contributed by atoms with Gasteiger partial charge in [-0.15, -0.1) is 0 Å². The van der Waals surface area contributed by atoms with E-state index in [9.17, 15) is 4.79 Å². The van der Waals surface area contributed by atoms with Crippen LogP contribution in [0, 0.1) is 0 Å². The van der Waals surface area contributed by atoms with E-state index < -0.39 is 0 Å². The lowest BCUT2D eigenvalue weighted by Crippen LogP contribution is -2.49. The van der Waals surface area contributed by atoms with Crippen molar-refractivity contribution in [3.8, 4) is 11.3 Å². The smallest absolute Gasteiger partial charge is 0.247 e. The predicted molar refractivity (Wildman–Crippen MR) is 117 cm³/mol. The topological polar surface area (TPSA) is 108 Å². The summed E-state index contributed by atoms with van der Waals surface area (Å²) in [6, 6.07) is 3.93. The van der Waals surface area contributed by atoms with Gasteiger partial charge in [-0.3, -0.25) is 20.1 Å². The Morgan fingerprint density at radius 2 is 2.03 bits per heavy atom. The number of aromatic nitrogens is 3. The number of pyridine rings is 1. The third-order valence-corrected chi connectivity index (χ3v) is 6.15. The number of ether oxygens (including phenoxy) is 1. The van der Waals surface area contributed by atoms with Crippen LogP contribution in [0.15, 0.2) is 29.6 Å². The van der Waals surface area contributed by atoms with Crippen LogP contribution >= 0.6 is 0 Å². The van der Waals surface area contributed by atoms with Gasteiger partial charge in [0.15, 0.2) is 17.5 Å². The highest BCUT2D eigenvalue weighted by molar-refractivity contribution is 6.04. The lowest BCUT2D eigenvalue weighted by Gasteiger charge is -2.38. The number of rotatable bonds is 4. The first-order valence-corrected chi connectivity index (χ1v) is 10.6. The van der Waals surface area contributed by atoms with Crippen LogP contribution in [0.3, 0.4) is 0 Å². The van der Waals surface area contributed by atoms with Crippen LogP contribution in [-0.2, 0) is 9.53 Å². The molecule has 0 bridgehead atoms. The number of methoxy groups -OCH3 is 1. The molecule has 4 heterocycles. The van der Waals surface area contributed by atoms with Gasteiger partial charge in [0.05, 0.1) is 24.5 Å². The van der Waals surface area contributed by atoms with E-state index in [1.54, 1.807) is 19.5 Å². The molecule has 0 radical (unpaired) electrons. The summed E-state index contributed by atoms with van der Waals surface area (Å²) in [5.41, 5.74) is 5.20. The molecule has 1 aliphatic carbocycles. The van der Waals surface area contributed by atoms with E-state index in [2.05, 4.69) is 25.8 Å². The van der Waals surface area contributed by atoms with Crippen molar-refractivity contribution in [2.75, 3.05) is 37.6 Å². The molecule has 1 saturated carbocycles. The summed E-state index contributed by atoms with van der Waals surface area (Å²) in [6.07, 6.45) is 7.39. The summed E-state index contributed by atoms with van der Waals surface area (Å²) in [5.74, 6) is 2.00. The third kappa shape index (κ3) is 3.56. The maximum atomic E-state index is 12.9. The normalized spacial score (nSPS) is 23.2. The molecular weight excluding hydrogens is 396 g/mol. The second-order valence-electron chi connectivity index (χ2n) is 8.06. The Labute approximate surface area is 180 Å². The molecule has 1 fully saturated rings. The van der Waals surface area contributed by atoms with Crippen LogP contribution in [0.4, 0.5) is 11.6 Å². The Kier molecular flexibility index (Phi) is 5.14. The number of hydrazone groups is 1. The zero-order valence-corrected chi connectivity index (χ0v) is 17.7. The first-order chi connectivity index (χ1) is 15.2. The van der Waals surface area contributed by atoms with Gasteiger partial charge < -0.3 is 15.0 Å². The van der Waals surface area contributed by atoms with Gasteiger partial charge in [0.2, 0.25) is 5.91 Å². The quantitative estimate of drug-likeness (QED) is 0.762. The molecule has 0 unspecified atom stereocenters. The molecule has 0 saturated heterocycles.